The lowest BCUT2D eigenvalue weighted by molar-refractivity contribution is -0.114. The standard InChI is InChI=1S/C15H26OSi2/c1-17(2,3)10-11-7-12-9-14(16)15(13(12)8-11)18(4,5)6/h10,12H,7-9H2,1-6H3/b11-10-. The Morgan fingerprint density at radius 2 is 1.67 bits per heavy atom. The largest absolute Gasteiger partial charge is 0.295 e. The van der Waals surface area contributed by atoms with Crippen LogP contribution in [0, 0.1) is 5.92 Å². The van der Waals surface area contributed by atoms with Crippen LogP contribution in [0.1, 0.15) is 19.3 Å². The smallest absolute Gasteiger partial charge is 0.155 e. The molecule has 2 aliphatic rings. The van der Waals surface area contributed by atoms with Crippen LogP contribution >= 0.6 is 0 Å². The predicted molar refractivity (Wildman–Crippen MR) is 84.1 cm³/mol. The molecular formula is C15H26OSi2. The summed E-state index contributed by atoms with van der Waals surface area (Å²) in [4.78, 5) is 12.2. The van der Waals surface area contributed by atoms with Crippen LogP contribution in [0.5, 0.6) is 0 Å². The fraction of sp³-hybridized carbons (Fsp3) is 0.667. The summed E-state index contributed by atoms with van der Waals surface area (Å²) in [6.45, 7) is 14.1. The van der Waals surface area contributed by atoms with E-state index in [1.165, 1.54) is 17.2 Å². The van der Waals surface area contributed by atoms with Gasteiger partial charge in [-0.25, -0.2) is 0 Å². The molecule has 3 heteroatoms. The summed E-state index contributed by atoms with van der Waals surface area (Å²) >= 11 is 0. The topological polar surface area (TPSA) is 17.1 Å². The molecule has 1 unspecified atom stereocenters. The summed E-state index contributed by atoms with van der Waals surface area (Å²) in [5.74, 6) is 1.04. The second-order valence-corrected chi connectivity index (χ2v) is 18.0. The quantitative estimate of drug-likeness (QED) is 0.686. The SMILES string of the molecule is C[Si](C)(C)/C=C1\CC2=C([Si](C)(C)C)C(=O)CC2C1. The lowest BCUT2D eigenvalue weighted by Crippen LogP contribution is -2.28. The van der Waals surface area contributed by atoms with Crippen molar-refractivity contribution in [3.05, 3.63) is 22.0 Å². The molecule has 0 radical (unpaired) electrons. The van der Waals surface area contributed by atoms with E-state index in [2.05, 4.69) is 45.0 Å². The molecule has 1 fully saturated rings. The van der Waals surface area contributed by atoms with Gasteiger partial charge in [-0.1, -0.05) is 56.1 Å². The van der Waals surface area contributed by atoms with E-state index in [0.717, 1.165) is 12.8 Å². The molecule has 0 amide bonds. The molecule has 0 heterocycles. The molecule has 0 aromatic heterocycles. The van der Waals surface area contributed by atoms with Crippen LogP contribution in [0.4, 0.5) is 0 Å². The maximum atomic E-state index is 12.2. The van der Waals surface area contributed by atoms with Crippen molar-refractivity contribution >= 4 is 21.9 Å². The van der Waals surface area contributed by atoms with Crippen LogP contribution in [0.25, 0.3) is 0 Å². The average Bonchev–Trinajstić information content (AvgIpc) is 2.53. The minimum absolute atomic E-state index is 0.473. The molecule has 0 aliphatic heterocycles. The number of Topliss-reactive ketones (excluding diaryl/α,β-unsaturated/α-hetero) is 1. The van der Waals surface area contributed by atoms with Gasteiger partial charge < -0.3 is 0 Å². The van der Waals surface area contributed by atoms with E-state index in [1.54, 1.807) is 5.57 Å². The predicted octanol–water partition coefficient (Wildman–Crippen LogP) is 4.35. The molecule has 1 nitrogen and oxygen atoms in total. The Morgan fingerprint density at radius 1 is 1.06 bits per heavy atom. The summed E-state index contributed by atoms with van der Waals surface area (Å²) in [6.07, 6.45) is 3.08. The Morgan fingerprint density at radius 3 is 2.17 bits per heavy atom. The van der Waals surface area contributed by atoms with Crippen molar-refractivity contribution in [3.8, 4) is 0 Å². The zero-order valence-electron chi connectivity index (χ0n) is 12.7. The zero-order valence-corrected chi connectivity index (χ0v) is 14.7. The van der Waals surface area contributed by atoms with E-state index in [0.29, 0.717) is 11.7 Å². The Labute approximate surface area is 113 Å². The van der Waals surface area contributed by atoms with Crippen LogP contribution < -0.4 is 0 Å². The summed E-state index contributed by atoms with van der Waals surface area (Å²) in [5, 5.41) is 1.28. The number of allylic oxidation sites excluding steroid dienone is 3. The van der Waals surface area contributed by atoms with Crippen LogP contribution in [-0.2, 0) is 4.79 Å². The average molecular weight is 279 g/mol. The fourth-order valence-electron chi connectivity index (χ4n) is 3.52. The van der Waals surface area contributed by atoms with E-state index in [1.807, 2.05) is 0 Å². The lowest BCUT2D eigenvalue weighted by atomic mass is 10.1. The molecule has 0 spiro atoms. The maximum absolute atomic E-state index is 12.2. The van der Waals surface area contributed by atoms with Crippen LogP contribution in [-0.4, -0.2) is 21.9 Å². The van der Waals surface area contributed by atoms with Crippen LogP contribution in [0.2, 0.25) is 39.3 Å². The molecule has 0 aromatic rings. The first-order valence-electron chi connectivity index (χ1n) is 7.05. The highest BCUT2D eigenvalue weighted by molar-refractivity contribution is 6.87. The fourth-order valence-corrected chi connectivity index (χ4v) is 7.15. The van der Waals surface area contributed by atoms with E-state index < -0.39 is 16.1 Å². The van der Waals surface area contributed by atoms with Gasteiger partial charge >= 0.3 is 0 Å². The molecule has 0 bridgehead atoms. The van der Waals surface area contributed by atoms with Crippen molar-refractivity contribution < 1.29 is 4.79 Å². The highest BCUT2D eigenvalue weighted by atomic mass is 28.3. The van der Waals surface area contributed by atoms with Gasteiger partial charge in [0.05, 0.1) is 16.1 Å². The van der Waals surface area contributed by atoms with Gasteiger partial charge in [-0.05, 0) is 24.0 Å². The van der Waals surface area contributed by atoms with Gasteiger partial charge in [-0.15, -0.1) is 0 Å². The Balaban J connectivity index is 2.34. The summed E-state index contributed by atoms with van der Waals surface area (Å²) in [6, 6.07) is 0. The molecule has 0 aromatic carbocycles. The molecule has 2 aliphatic carbocycles. The lowest BCUT2D eigenvalue weighted by Gasteiger charge is -2.19. The van der Waals surface area contributed by atoms with Gasteiger partial charge in [0, 0.05) is 6.42 Å². The van der Waals surface area contributed by atoms with Gasteiger partial charge in [0.25, 0.3) is 0 Å². The first-order valence-corrected chi connectivity index (χ1v) is 14.1. The summed E-state index contributed by atoms with van der Waals surface area (Å²) < 4.78 is 0. The molecule has 0 saturated heterocycles. The molecule has 1 saturated carbocycles. The first kappa shape index (κ1) is 14.0. The van der Waals surface area contributed by atoms with Gasteiger partial charge in [0.1, 0.15) is 0 Å². The second kappa shape index (κ2) is 4.31. The van der Waals surface area contributed by atoms with E-state index in [-0.39, 0.29) is 0 Å². The number of hydrogen-bond acceptors (Lipinski definition) is 1. The maximum Gasteiger partial charge on any atom is 0.155 e. The number of rotatable bonds is 2. The van der Waals surface area contributed by atoms with Gasteiger partial charge in [0.2, 0.25) is 0 Å². The van der Waals surface area contributed by atoms with Gasteiger partial charge in [-0.2, -0.15) is 0 Å². The van der Waals surface area contributed by atoms with Crippen molar-refractivity contribution in [2.24, 2.45) is 5.92 Å². The number of carbonyl (C=O) groups is 1. The summed E-state index contributed by atoms with van der Waals surface area (Å²) in [7, 11) is -2.56. The molecule has 0 N–H and O–H groups in total. The highest BCUT2D eigenvalue weighted by Crippen LogP contribution is 2.47. The monoisotopic (exact) mass is 278 g/mol. The van der Waals surface area contributed by atoms with E-state index >= 15 is 0 Å². The van der Waals surface area contributed by atoms with E-state index in [4.69, 9.17) is 0 Å². The van der Waals surface area contributed by atoms with Crippen molar-refractivity contribution in [1.29, 1.82) is 0 Å². The van der Waals surface area contributed by atoms with Crippen LogP contribution in [0.3, 0.4) is 0 Å². The molecule has 18 heavy (non-hydrogen) atoms. The van der Waals surface area contributed by atoms with Crippen molar-refractivity contribution in [1.82, 2.24) is 0 Å². The Hall–Kier alpha value is -0.416. The Bertz CT molecular complexity index is 444. The third kappa shape index (κ3) is 2.77. The molecule has 2 rings (SSSR count). The van der Waals surface area contributed by atoms with Gasteiger partial charge in [0.15, 0.2) is 5.78 Å². The molecule has 1 atom stereocenters. The van der Waals surface area contributed by atoms with Crippen LogP contribution in [0.15, 0.2) is 22.0 Å². The first-order chi connectivity index (χ1) is 8.08. The number of carbonyl (C=O) groups excluding carboxylic acids is 1. The number of fused-ring (bicyclic) bond motifs is 1. The van der Waals surface area contributed by atoms with Crippen molar-refractivity contribution in [2.75, 3.05) is 0 Å². The number of hydrogen-bond donors (Lipinski definition) is 0. The zero-order chi connectivity index (χ0) is 13.7. The minimum atomic E-state index is -1.45. The number of ketones is 1. The Kier molecular flexibility index (Phi) is 3.35. The third-order valence-electron chi connectivity index (χ3n) is 3.84. The molecular weight excluding hydrogens is 252 g/mol. The molecule has 100 valence electrons. The minimum Gasteiger partial charge on any atom is -0.295 e. The van der Waals surface area contributed by atoms with Crippen molar-refractivity contribution in [2.45, 2.75) is 58.5 Å². The van der Waals surface area contributed by atoms with Gasteiger partial charge in [-0.3, -0.25) is 4.79 Å². The normalized spacial score (nSPS) is 27.3. The second-order valence-electron chi connectivity index (χ2n) is 8.02. The van der Waals surface area contributed by atoms with Crippen molar-refractivity contribution in [3.63, 3.8) is 0 Å². The highest BCUT2D eigenvalue weighted by Gasteiger charge is 2.41. The summed E-state index contributed by atoms with van der Waals surface area (Å²) in [5.41, 5.74) is 5.71. The van der Waals surface area contributed by atoms with E-state index in [9.17, 15) is 4.79 Å². The third-order valence-corrected chi connectivity index (χ3v) is 7.21.